The molecule has 0 saturated carbocycles. The lowest BCUT2D eigenvalue weighted by molar-refractivity contribution is 0.0962. The fourth-order valence-corrected chi connectivity index (χ4v) is 3.51. The highest BCUT2D eigenvalue weighted by molar-refractivity contribution is 7.07. The van der Waals surface area contributed by atoms with E-state index in [2.05, 4.69) is 11.1 Å². The van der Waals surface area contributed by atoms with Gasteiger partial charge in [0.2, 0.25) is 0 Å². The lowest BCUT2D eigenvalue weighted by atomic mass is 9.67. The summed E-state index contributed by atoms with van der Waals surface area (Å²) >= 11 is 1.44. The predicted octanol–water partition coefficient (Wildman–Crippen LogP) is 2.97. The number of aromatic nitrogens is 1. The van der Waals surface area contributed by atoms with Crippen LogP contribution in [0.15, 0.2) is 35.2 Å². The second kappa shape index (κ2) is 4.76. The van der Waals surface area contributed by atoms with E-state index in [1.165, 1.54) is 16.9 Å². The number of nitriles is 1. The molecule has 1 aliphatic rings. The normalized spacial score (nSPS) is 23.4. The molecule has 96 valence electrons. The first-order valence-electron chi connectivity index (χ1n) is 6.34. The average molecular weight is 270 g/mol. The van der Waals surface area contributed by atoms with E-state index in [1.54, 1.807) is 5.51 Å². The molecule has 0 bridgehead atoms. The Morgan fingerprint density at radius 1 is 1.42 bits per heavy atom. The highest BCUT2D eigenvalue weighted by atomic mass is 32.1. The molecule has 1 aromatic carbocycles. The second-order valence-electron chi connectivity index (χ2n) is 4.91. The molecular weight excluding hydrogens is 256 g/mol. The van der Waals surface area contributed by atoms with Crippen molar-refractivity contribution in [3.8, 4) is 6.07 Å². The van der Waals surface area contributed by atoms with Crippen molar-refractivity contribution in [1.82, 2.24) is 4.98 Å². The van der Waals surface area contributed by atoms with E-state index < -0.39 is 11.5 Å². The van der Waals surface area contributed by atoms with Crippen LogP contribution in [-0.2, 0) is 11.8 Å². The van der Waals surface area contributed by atoms with Gasteiger partial charge >= 0.3 is 0 Å². The lowest BCUT2D eigenvalue weighted by Gasteiger charge is -2.36. The van der Waals surface area contributed by atoms with Gasteiger partial charge in [0, 0.05) is 5.38 Å². The Hall–Kier alpha value is -1.70. The fraction of sp³-hybridized carbons (Fsp3) is 0.333. The minimum atomic E-state index is -0.858. The molecule has 19 heavy (non-hydrogen) atoms. The molecular formula is C15H14N2OS. The minimum absolute atomic E-state index is 0.600. The van der Waals surface area contributed by atoms with E-state index in [4.69, 9.17) is 0 Å². The van der Waals surface area contributed by atoms with Crippen molar-refractivity contribution >= 4 is 11.3 Å². The quantitative estimate of drug-likeness (QED) is 0.912. The van der Waals surface area contributed by atoms with Crippen molar-refractivity contribution < 1.29 is 5.11 Å². The molecule has 0 fully saturated rings. The summed E-state index contributed by atoms with van der Waals surface area (Å²) in [7, 11) is 0. The van der Waals surface area contributed by atoms with Crippen LogP contribution in [0.3, 0.4) is 0 Å². The van der Waals surface area contributed by atoms with Gasteiger partial charge in [0.25, 0.3) is 0 Å². The summed E-state index contributed by atoms with van der Waals surface area (Å²) in [4.78, 5) is 4.17. The first-order chi connectivity index (χ1) is 9.28. The van der Waals surface area contributed by atoms with Crippen molar-refractivity contribution in [2.45, 2.75) is 30.8 Å². The topological polar surface area (TPSA) is 56.9 Å². The number of aliphatic hydroxyl groups excluding tert-OH is 1. The lowest BCUT2D eigenvalue weighted by Crippen LogP contribution is -2.36. The minimum Gasteiger partial charge on any atom is -0.385 e. The van der Waals surface area contributed by atoms with E-state index in [0.717, 1.165) is 18.4 Å². The first-order valence-corrected chi connectivity index (χ1v) is 7.28. The van der Waals surface area contributed by atoms with Crippen molar-refractivity contribution in [3.05, 3.63) is 52.0 Å². The summed E-state index contributed by atoms with van der Waals surface area (Å²) in [6.45, 7) is 0. The van der Waals surface area contributed by atoms with Crippen LogP contribution in [0.25, 0.3) is 0 Å². The number of aryl methyl sites for hydroxylation is 1. The third-order valence-electron chi connectivity index (χ3n) is 3.91. The van der Waals surface area contributed by atoms with E-state index in [1.807, 2.05) is 29.6 Å². The zero-order valence-corrected chi connectivity index (χ0v) is 11.2. The zero-order chi connectivity index (χ0) is 13.3. The van der Waals surface area contributed by atoms with Crippen molar-refractivity contribution in [2.24, 2.45) is 0 Å². The van der Waals surface area contributed by atoms with Gasteiger partial charge in [-0.15, -0.1) is 11.3 Å². The van der Waals surface area contributed by atoms with E-state index in [9.17, 15) is 10.4 Å². The predicted molar refractivity (Wildman–Crippen MR) is 73.7 cm³/mol. The molecule has 0 radical (unpaired) electrons. The summed E-state index contributed by atoms with van der Waals surface area (Å²) in [6, 6.07) is 10.3. The maximum atomic E-state index is 10.7. The Kier molecular flexibility index (Phi) is 3.09. The summed E-state index contributed by atoms with van der Waals surface area (Å²) in [6.07, 6.45) is 1.72. The van der Waals surface area contributed by atoms with Gasteiger partial charge in [0.1, 0.15) is 11.5 Å². The molecule has 0 saturated heterocycles. The Labute approximate surface area is 116 Å². The first kappa shape index (κ1) is 12.3. The smallest absolute Gasteiger partial charge is 0.119 e. The van der Waals surface area contributed by atoms with Gasteiger partial charge in [0.15, 0.2) is 0 Å². The van der Waals surface area contributed by atoms with Crippen LogP contribution in [-0.4, -0.2) is 10.1 Å². The molecule has 4 heteroatoms. The summed E-state index contributed by atoms with van der Waals surface area (Å²) in [5.74, 6) is 0. The van der Waals surface area contributed by atoms with Crippen LogP contribution >= 0.6 is 11.3 Å². The van der Waals surface area contributed by atoms with Crippen LogP contribution < -0.4 is 0 Å². The molecule has 1 aromatic heterocycles. The highest BCUT2D eigenvalue weighted by Gasteiger charge is 2.44. The van der Waals surface area contributed by atoms with Gasteiger partial charge in [0.05, 0.1) is 17.3 Å². The van der Waals surface area contributed by atoms with Gasteiger partial charge < -0.3 is 5.11 Å². The van der Waals surface area contributed by atoms with Crippen molar-refractivity contribution in [3.63, 3.8) is 0 Å². The Balaban J connectivity index is 2.13. The number of thiazole rings is 1. The standard InChI is InChI=1S/C15H14N2OS/c16-9-15(14(18)13-8-19-10-17-13)7-3-5-11-4-1-2-6-12(11)15/h1-2,4,6,8,10,14,18H,3,5,7H2. The molecule has 1 aliphatic carbocycles. The number of hydrogen-bond acceptors (Lipinski definition) is 4. The maximum Gasteiger partial charge on any atom is 0.119 e. The number of hydrogen-bond donors (Lipinski definition) is 1. The van der Waals surface area contributed by atoms with E-state index >= 15 is 0 Å². The Morgan fingerprint density at radius 2 is 2.26 bits per heavy atom. The molecule has 0 amide bonds. The monoisotopic (exact) mass is 270 g/mol. The molecule has 1 heterocycles. The molecule has 1 N–H and O–H groups in total. The molecule has 0 aliphatic heterocycles. The summed E-state index contributed by atoms with van der Waals surface area (Å²) in [5.41, 5.74) is 3.57. The molecule has 2 aromatic rings. The van der Waals surface area contributed by atoms with Crippen LogP contribution in [0, 0.1) is 11.3 Å². The fourth-order valence-electron chi connectivity index (χ4n) is 2.94. The number of fused-ring (bicyclic) bond motifs is 1. The third-order valence-corrected chi connectivity index (χ3v) is 4.52. The number of nitrogens with zero attached hydrogens (tertiary/aromatic N) is 2. The Bertz CT molecular complexity index is 617. The van der Waals surface area contributed by atoms with Crippen LogP contribution in [0.2, 0.25) is 0 Å². The molecule has 2 atom stereocenters. The molecule has 3 nitrogen and oxygen atoms in total. The summed E-state index contributed by atoms with van der Waals surface area (Å²) < 4.78 is 0. The number of rotatable bonds is 2. The number of benzene rings is 1. The van der Waals surface area contributed by atoms with E-state index in [0.29, 0.717) is 12.1 Å². The maximum absolute atomic E-state index is 10.7. The average Bonchev–Trinajstić information content (AvgIpc) is 3.00. The Morgan fingerprint density at radius 3 is 3.00 bits per heavy atom. The molecule has 0 spiro atoms. The zero-order valence-electron chi connectivity index (χ0n) is 10.4. The van der Waals surface area contributed by atoms with Gasteiger partial charge in [-0.25, -0.2) is 4.98 Å². The van der Waals surface area contributed by atoms with Gasteiger partial charge in [-0.2, -0.15) is 5.26 Å². The summed E-state index contributed by atoms with van der Waals surface area (Å²) in [5, 5.41) is 22.2. The second-order valence-corrected chi connectivity index (χ2v) is 5.63. The SMILES string of the molecule is N#CC1(C(O)c2cscn2)CCCc2ccccc21. The third kappa shape index (κ3) is 1.86. The highest BCUT2D eigenvalue weighted by Crippen LogP contribution is 2.45. The van der Waals surface area contributed by atoms with Crippen LogP contribution in [0.5, 0.6) is 0 Å². The van der Waals surface area contributed by atoms with Crippen molar-refractivity contribution in [2.75, 3.05) is 0 Å². The van der Waals surface area contributed by atoms with Crippen LogP contribution in [0.4, 0.5) is 0 Å². The van der Waals surface area contributed by atoms with E-state index in [-0.39, 0.29) is 0 Å². The molecule has 2 unspecified atom stereocenters. The number of aliphatic hydroxyl groups is 1. The van der Waals surface area contributed by atoms with Gasteiger partial charge in [-0.3, -0.25) is 0 Å². The largest absolute Gasteiger partial charge is 0.385 e. The van der Waals surface area contributed by atoms with Crippen molar-refractivity contribution in [1.29, 1.82) is 5.26 Å². The van der Waals surface area contributed by atoms with Crippen LogP contribution in [0.1, 0.15) is 35.8 Å². The van der Waals surface area contributed by atoms with Gasteiger partial charge in [-0.05, 0) is 30.4 Å². The molecule has 3 rings (SSSR count). The van der Waals surface area contributed by atoms with Gasteiger partial charge in [-0.1, -0.05) is 24.3 Å².